The first kappa shape index (κ1) is 17.3. The van der Waals surface area contributed by atoms with Crippen molar-refractivity contribution in [1.82, 2.24) is 4.90 Å². The number of halogens is 2. The molecule has 1 amide bonds. The van der Waals surface area contributed by atoms with E-state index in [1.165, 1.54) is 4.90 Å². The van der Waals surface area contributed by atoms with E-state index in [9.17, 15) is 9.90 Å². The van der Waals surface area contributed by atoms with Crippen LogP contribution in [0.4, 0.5) is 4.79 Å². The average Bonchev–Trinajstić information content (AvgIpc) is 2.70. The van der Waals surface area contributed by atoms with Gasteiger partial charge in [-0.1, -0.05) is 29.3 Å². The third-order valence-electron chi connectivity index (χ3n) is 3.89. The van der Waals surface area contributed by atoms with Gasteiger partial charge in [0.25, 0.3) is 0 Å². The number of nitrogens with two attached hydrogens (primary N) is 1. The second-order valence-electron chi connectivity index (χ2n) is 5.35. The Labute approximate surface area is 139 Å². The summed E-state index contributed by atoms with van der Waals surface area (Å²) in [6.07, 6.45) is 0.600. The molecule has 3 N–H and O–H groups in total. The highest BCUT2D eigenvalue weighted by Crippen LogP contribution is 2.32. The van der Waals surface area contributed by atoms with Crippen molar-refractivity contribution in [2.24, 2.45) is 5.73 Å². The van der Waals surface area contributed by atoms with Crippen molar-refractivity contribution in [2.75, 3.05) is 26.2 Å². The first-order chi connectivity index (χ1) is 10.5. The molecule has 1 aliphatic heterocycles. The summed E-state index contributed by atoms with van der Waals surface area (Å²) in [6, 6.07) is 5.40. The van der Waals surface area contributed by atoms with Crippen LogP contribution in [0.25, 0.3) is 0 Å². The van der Waals surface area contributed by atoms with Crippen molar-refractivity contribution in [3.63, 3.8) is 0 Å². The zero-order chi connectivity index (χ0) is 16.1. The largest absolute Gasteiger partial charge is 0.465 e. The Morgan fingerprint density at radius 1 is 1.41 bits per heavy atom. The molecule has 1 heterocycles. The van der Waals surface area contributed by atoms with Crippen LogP contribution in [0.15, 0.2) is 18.2 Å². The fourth-order valence-corrected chi connectivity index (χ4v) is 3.02. The summed E-state index contributed by atoms with van der Waals surface area (Å²) in [5.74, 6) is -0.0834. The first-order valence-electron chi connectivity index (χ1n) is 7.27. The summed E-state index contributed by atoms with van der Waals surface area (Å²) in [5.41, 5.74) is 6.52. The van der Waals surface area contributed by atoms with E-state index >= 15 is 0 Å². The minimum atomic E-state index is -0.937. The lowest BCUT2D eigenvalue weighted by Crippen LogP contribution is -2.35. The lowest BCUT2D eigenvalue weighted by atomic mass is 9.90. The van der Waals surface area contributed by atoms with Crippen LogP contribution in [-0.4, -0.2) is 48.4 Å². The number of hydrogen-bond donors (Lipinski definition) is 2. The van der Waals surface area contributed by atoms with Crippen LogP contribution in [0.2, 0.25) is 10.0 Å². The molecule has 2 atom stereocenters. The van der Waals surface area contributed by atoms with Crippen LogP contribution in [0.5, 0.6) is 0 Å². The fraction of sp³-hybridized carbons (Fsp3) is 0.533. The van der Waals surface area contributed by atoms with Gasteiger partial charge in [-0.3, -0.25) is 0 Å². The molecule has 0 spiro atoms. The number of hydrogen-bond acceptors (Lipinski definition) is 3. The second kappa shape index (κ2) is 8.02. The molecule has 0 aromatic heterocycles. The van der Waals surface area contributed by atoms with Crippen LogP contribution in [0.3, 0.4) is 0 Å². The zero-order valence-electron chi connectivity index (χ0n) is 12.2. The molecule has 1 fully saturated rings. The third kappa shape index (κ3) is 4.26. The summed E-state index contributed by atoms with van der Waals surface area (Å²) < 4.78 is 5.89. The number of benzene rings is 1. The summed E-state index contributed by atoms with van der Waals surface area (Å²) in [6.45, 7) is 1.71. The Hall–Kier alpha value is -1.01. The topological polar surface area (TPSA) is 75.8 Å². The van der Waals surface area contributed by atoms with Gasteiger partial charge in [0.1, 0.15) is 0 Å². The molecule has 0 bridgehead atoms. The van der Waals surface area contributed by atoms with Crippen LogP contribution in [-0.2, 0) is 4.74 Å². The Bertz CT molecular complexity index is 528. The quantitative estimate of drug-likeness (QED) is 0.877. The maximum Gasteiger partial charge on any atom is 0.407 e. The van der Waals surface area contributed by atoms with Gasteiger partial charge in [0.15, 0.2) is 0 Å². The number of carbonyl (C=O) groups is 1. The Morgan fingerprint density at radius 3 is 2.82 bits per heavy atom. The molecule has 2 rings (SSSR count). The highest BCUT2D eigenvalue weighted by atomic mass is 35.5. The van der Waals surface area contributed by atoms with E-state index < -0.39 is 6.09 Å². The molecule has 1 saturated heterocycles. The number of ether oxygens (including phenoxy) is 1. The number of rotatable bonds is 4. The second-order valence-corrected chi connectivity index (χ2v) is 6.16. The van der Waals surface area contributed by atoms with E-state index in [0.717, 1.165) is 18.4 Å². The van der Waals surface area contributed by atoms with Gasteiger partial charge in [0.2, 0.25) is 0 Å². The summed E-state index contributed by atoms with van der Waals surface area (Å²) >= 11 is 12.1. The van der Waals surface area contributed by atoms with Gasteiger partial charge in [-0.05, 0) is 37.1 Å². The summed E-state index contributed by atoms with van der Waals surface area (Å²) in [5, 5.41) is 10.2. The Kier molecular flexibility index (Phi) is 6.32. The average molecular weight is 347 g/mol. The third-order valence-corrected chi connectivity index (χ3v) is 4.63. The van der Waals surface area contributed by atoms with Gasteiger partial charge in [0, 0.05) is 19.0 Å². The van der Waals surface area contributed by atoms with Gasteiger partial charge in [-0.2, -0.15) is 0 Å². The van der Waals surface area contributed by atoms with E-state index in [1.807, 2.05) is 6.07 Å². The highest BCUT2D eigenvalue weighted by molar-refractivity contribution is 6.42. The predicted octanol–water partition coefficient (Wildman–Crippen LogP) is 3.19. The molecule has 0 saturated carbocycles. The van der Waals surface area contributed by atoms with Crippen molar-refractivity contribution in [1.29, 1.82) is 0 Å². The molecule has 1 aromatic carbocycles. The molecule has 7 heteroatoms. The van der Waals surface area contributed by atoms with Gasteiger partial charge in [-0.25, -0.2) is 4.79 Å². The van der Waals surface area contributed by atoms with Crippen molar-refractivity contribution in [3.8, 4) is 0 Å². The van der Waals surface area contributed by atoms with E-state index in [4.69, 9.17) is 33.7 Å². The van der Waals surface area contributed by atoms with Crippen LogP contribution >= 0.6 is 23.2 Å². The Balaban J connectivity index is 2.28. The first-order valence-corrected chi connectivity index (χ1v) is 8.03. The molecule has 5 nitrogen and oxygen atoms in total. The Morgan fingerprint density at radius 2 is 2.18 bits per heavy atom. The van der Waals surface area contributed by atoms with Crippen molar-refractivity contribution in [3.05, 3.63) is 33.8 Å². The van der Waals surface area contributed by atoms with Gasteiger partial charge >= 0.3 is 6.09 Å². The van der Waals surface area contributed by atoms with E-state index in [-0.39, 0.29) is 12.0 Å². The minimum Gasteiger partial charge on any atom is -0.465 e. The molecule has 1 aliphatic rings. The maximum atomic E-state index is 11.3. The van der Waals surface area contributed by atoms with Gasteiger partial charge in [0.05, 0.1) is 22.8 Å². The summed E-state index contributed by atoms with van der Waals surface area (Å²) in [4.78, 5) is 12.7. The van der Waals surface area contributed by atoms with Crippen LogP contribution in [0.1, 0.15) is 24.3 Å². The standard InChI is InChI=1S/C15H20Cl2N2O3/c16-12-4-3-10(8-13(12)17)11-9-19(15(20)21)6-7-22-14(11)2-1-5-18/h3-4,8,11,14H,1-2,5-7,9,18H2,(H,20,21). The van der Waals surface area contributed by atoms with E-state index in [1.54, 1.807) is 12.1 Å². The molecular formula is C15H20Cl2N2O3. The van der Waals surface area contributed by atoms with Crippen molar-refractivity contribution in [2.45, 2.75) is 24.9 Å². The van der Waals surface area contributed by atoms with Crippen molar-refractivity contribution >= 4 is 29.3 Å². The van der Waals surface area contributed by atoms with Crippen molar-refractivity contribution < 1.29 is 14.6 Å². The van der Waals surface area contributed by atoms with E-state index in [2.05, 4.69) is 0 Å². The van der Waals surface area contributed by atoms with E-state index in [0.29, 0.717) is 36.3 Å². The molecular weight excluding hydrogens is 327 g/mol. The SMILES string of the molecule is NCCCC1OCCN(C(=O)O)CC1c1ccc(Cl)c(Cl)c1. The lowest BCUT2D eigenvalue weighted by Gasteiger charge is -2.27. The number of nitrogens with zero attached hydrogens (tertiary/aromatic N) is 1. The normalized spacial score (nSPS) is 22.4. The maximum absolute atomic E-state index is 11.3. The monoisotopic (exact) mass is 346 g/mol. The highest BCUT2D eigenvalue weighted by Gasteiger charge is 2.31. The predicted molar refractivity (Wildman–Crippen MR) is 86.8 cm³/mol. The molecule has 0 radical (unpaired) electrons. The molecule has 122 valence electrons. The fourth-order valence-electron chi connectivity index (χ4n) is 2.72. The number of carboxylic acid groups (broad SMARTS) is 1. The van der Waals surface area contributed by atoms with Crippen LogP contribution < -0.4 is 5.73 Å². The molecule has 1 aromatic rings. The van der Waals surface area contributed by atoms with Crippen LogP contribution in [0, 0.1) is 0 Å². The molecule has 2 unspecified atom stereocenters. The summed E-state index contributed by atoms with van der Waals surface area (Å²) in [7, 11) is 0. The molecule has 22 heavy (non-hydrogen) atoms. The minimum absolute atomic E-state index is 0.0786. The number of amides is 1. The molecule has 0 aliphatic carbocycles. The smallest absolute Gasteiger partial charge is 0.407 e. The van der Waals surface area contributed by atoms with Gasteiger partial charge < -0.3 is 20.5 Å². The zero-order valence-corrected chi connectivity index (χ0v) is 13.7. The van der Waals surface area contributed by atoms with Gasteiger partial charge in [-0.15, -0.1) is 0 Å². The lowest BCUT2D eigenvalue weighted by molar-refractivity contribution is 0.0442.